The number of carbonyl (C=O) groups excluding carboxylic acids is 1. The summed E-state index contributed by atoms with van der Waals surface area (Å²) in [5.74, 6) is 0.141. The Morgan fingerprint density at radius 3 is 2.50 bits per heavy atom. The van der Waals surface area contributed by atoms with E-state index < -0.39 is 0 Å². The van der Waals surface area contributed by atoms with Gasteiger partial charge in [-0.1, -0.05) is 0 Å². The maximum absolute atomic E-state index is 11.4. The normalized spacial score (nSPS) is 16.9. The highest BCUT2D eigenvalue weighted by Crippen LogP contribution is 2.32. The highest BCUT2D eigenvalue weighted by Gasteiger charge is 2.31. The van der Waals surface area contributed by atoms with Gasteiger partial charge in [0.1, 0.15) is 11.6 Å². The molecule has 0 saturated heterocycles. The first-order chi connectivity index (χ1) is 5.65. The summed E-state index contributed by atoms with van der Waals surface area (Å²) >= 11 is 0. The molecule has 1 aliphatic carbocycles. The Bertz CT molecular complexity index is 256. The number of Topliss-reactive ketones (excluding diaryl/α,β-unsaturated/α-hetero) is 1. The van der Waals surface area contributed by atoms with Crippen LogP contribution in [0.25, 0.3) is 0 Å². The topological polar surface area (TPSA) is 44.1 Å². The molecule has 0 aromatic carbocycles. The van der Waals surface area contributed by atoms with E-state index >= 15 is 0 Å². The van der Waals surface area contributed by atoms with E-state index in [-0.39, 0.29) is 17.3 Å². The number of hydrogen-bond acceptors (Lipinski definition) is 3. The molecular weight excluding hydrogens is 152 g/mol. The number of nitrogens with zero attached hydrogens (tertiary/aromatic N) is 2. The third kappa shape index (κ3) is 2.09. The fourth-order valence-electron chi connectivity index (χ4n) is 0.971. The maximum atomic E-state index is 11.4. The van der Waals surface area contributed by atoms with Gasteiger partial charge in [0.15, 0.2) is 5.78 Å². The van der Waals surface area contributed by atoms with Crippen molar-refractivity contribution in [1.29, 1.82) is 5.26 Å². The molecule has 0 aliphatic heterocycles. The average molecular weight is 164 g/mol. The maximum Gasteiger partial charge on any atom is 0.177 e. The number of allylic oxidation sites excluding steroid dienone is 1. The summed E-state index contributed by atoms with van der Waals surface area (Å²) < 4.78 is 0. The van der Waals surface area contributed by atoms with E-state index in [1.165, 1.54) is 0 Å². The molecule has 0 atom stereocenters. The second-order valence-electron chi connectivity index (χ2n) is 3.26. The van der Waals surface area contributed by atoms with Gasteiger partial charge in [-0.05, 0) is 12.8 Å². The zero-order valence-electron chi connectivity index (χ0n) is 7.37. The number of nitriles is 1. The third-order valence-electron chi connectivity index (χ3n) is 1.72. The summed E-state index contributed by atoms with van der Waals surface area (Å²) in [4.78, 5) is 13.1. The molecule has 0 aromatic heterocycles. The molecule has 0 heterocycles. The van der Waals surface area contributed by atoms with E-state index in [0.717, 1.165) is 12.8 Å². The number of hydrogen-bond donors (Lipinski definition) is 0. The summed E-state index contributed by atoms with van der Waals surface area (Å²) in [5.41, 5.74) is 0.280. The van der Waals surface area contributed by atoms with Crippen LogP contribution in [-0.2, 0) is 4.79 Å². The van der Waals surface area contributed by atoms with Gasteiger partial charge in [0, 0.05) is 26.2 Å². The highest BCUT2D eigenvalue weighted by atomic mass is 16.1. The molecular formula is C9H12N2O. The van der Waals surface area contributed by atoms with Crippen LogP contribution >= 0.6 is 0 Å². The van der Waals surface area contributed by atoms with Gasteiger partial charge in [0.2, 0.25) is 0 Å². The van der Waals surface area contributed by atoms with Crippen molar-refractivity contribution in [3.8, 4) is 6.07 Å². The van der Waals surface area contributed by atoms with E-state index in [0.29, 0.717) is 0 Å². The van der Waals surface area contributed by atoms with Crippen LogP contribution in [0.1, 0.15) is 12.8 Å². The fraction of sp³-hybridized carbons (Fsp3) is 0.556. The molecule has 0 aromatic rings. The molecule has 0 N–H and O–H groups in total. The molecule has 1 saturated carbocycles. The lowest BCUT2D eigenvalue weighted by Crippen LogP contribution is -2.09. The smallest absolute Gasteiger partial charge is 0.177 e. The number of rotatable bonds is 3. The SMILES string of the molecule is CN(C)/C=C(\C#N)C(=O)C1CC1. The van der Waals surface area contributed by atoms with Crippen LogP contribution in [0.15, 0.2) is 11.8 Å². The Morgan fingerprint density at radius 2 is 2.17 bits per heavy atom. The molecule has 0 radical (unpaired) electrons. The van der Waals surface area contributed by atoms with E-state index in [9.17, 15) is 4.79 Å². The zero-order valence-corrected chi connectivity index (χ0v) is 7.37. The minimum Gasteiger partial charge on any atom is -0.382 e. The van der Waals surface area contributed by atoms with Crippen molar-refractivity contribution in [1.82, 2.24) is 4.90 Å². The largest absolute Gasteiger partial charge is 0.382 e. The monoisotopic (exact) mass is 164 g/mol. The second-order valence-corrected chi connectivity index (χ2v) is 3.26. The van der Waals surface area contributed by atoms with Crippen molar-refractivity contribution in [3.05, 3.63) is 11.8 Å². The molecule has 1 rings (SSSR count). The Balaban J connectivity index is 2.68. The summed E-state index contributed by atoms with van der Waals surface area (Å²) in [5, 5.41) is 8.66. The van der Waals surface area contributed by atoms with Gasteiger partial charge in [-0.25, -0.2) is 0 Å². The predicted molar refractivity (Wildman–Crippen MR) is 45.1 cm³/mol. The van der Waals surface area contributed by atoms with Crippen LogP contribution < -0.4 is 0 Å². The fourth-order valence-corrected chi connectivity index (χ4v) is 0.971. The number of ketones is 1. The van der Waals surface area contributed by atoms with Gasteiger partial charge in [-0.2, -0.15) is 5.26 Å². The molecule has 0 unspecified atom stereocenters. The molecule has 3 nitrogen and oxygen atoms in total. The summed E-state index contributed by atoms with van der Waals surface area (Å²) in [6, 6.07) is 1.92. The average Bonchev–Trinajstić information content (AvgIpc) is 2.80. The first-order valence-electron chi connectivity index (χ1n) is 3.97. The van der Waals surface area contributed by atoms with Crippen LogP contribution in [0.5, 0.6) is 0 Å². The molecule has 3 heteroatoms. The van der Waals surface area contributed by atoms with Crippen molar-refractivity contribution in [2.75, 3.05) is 14.1 Å². The first kappa shape index (κ1) is 8.79. The van der Waals surface area contributed by atoms with E-state index in [1.54, 1.807) is 25.2 Å². The highest BCUT2D eigenvalue weighted by molar-refractivity contribution is 6.01. The predicted octanol–water partition coefficient (Wildman–Crippen LogP) is 0.935. The lowest BCUT2D eigenvalue weighted by atomic mass is 10.1. The zero-order chi connectivity index (χ0) is 9.14. The standard InChI is InChI=1S/C9H12N2O/c1-11(2)6-8(5-10)9(12)7-3-4-7/h6-7H,3-4H2,1-2H3/b8-6+. The molecule has 12 heavy (non-hydrogen) atoms. The van der Waals surface area contributed by atoms with Crippen LogP contribution in [-0.4, -0.2) is 24.8 Å². The minimum atomic E-state index is 0.00574. The molecule has 0 spiro atoms. The van der Waals surface area contributed by atoms with Gasteiger partial charge in [0.25, 0.3) is 0 Å². The van der Waals surface area contributed by atoms with Crippen LogP contribution in [0.3, 0.4) is 0 Å². The summed E-state index contributed by atoms with van der Waals surface area (Å²) in [7, 11) is 3.61. The molecule has 1 aliphatic rings. The minimum absolute atomic E-state index is 0.00574. The van der Waals surface area contributed by atoms with Gasteiger partial charge in [-0.15, -0.1) is 0 Å². The molecule has 0 bridgehead atoms. The van der Waals surface area contributed by atoms with E-state index in [2.05, 4.69) is 0 Å². The van der Waals surface area contributed by atoms with Crippen LogP contribution in [0.4, 0.5) is 0 Å². The van der Waals surface area contributed by atoms with Crippen molar-refractivity contribution >= 4 is 5.78 Å². The van der Waals surface area contributed by atoms with E-state index in [4.69, 9.17) is 5.26 Å². The molecule has 0 amide bonds. The van der Waals surface area contributed by atoms with Crippen LogP contribution in [0.2, 0.25) is 0 Å². The van der Waals surface area contributed by atoms with Gasteiger partial charge >= 0.3 is 0 Å². The lowest BCUT2D eigenvalue weighted by Gasteiger charge is -2.04. The van der Waals surface area contributed by atoms with Gasteiger partial charge in [0.05, 0.1) is 0 Å². The Labute approximate surface area is 72.3 Å². The van der Waals surface area contributed by atoms with Crippen molar-refractivity contribution < 1.29 is 4.79 Å². The quantitative estimate of drug-likeness (QED) is 0.460. The van der Waals surface area contributed by atoms with Gasteiger partial charge < -0.3 is 4.90 Å². The molecule has 64 valence electrons. The van der Waals surface area contributed by atoms with Crippen LogP contribution in [0, 0.1) is 17.2 Å². The lowest BCUT2D eigenvalue weighted by molar-refractivity contribution is -0.116. The van der Waals surface area contributed by atoms with Crippen molar-refractivity contribution in [2.24, 2.45) is 5.92 Å². The van der Waals surface area contributed by atoms with Crippen molar-refractivity contribution in [2.45, 2.75) is 12.8 Å². The van der Waals surface area contributed by atoms with E-state index in [1.807, 2.05) is 6.07 Å². The Kier molecular flexibility index (Phi) is 2.49. The summed E-state index contributed by atoms with van der Waals surface area (Å²) in [6.07, 6.45) is 3.48. The molecule has 1 fully saturated rings. The number of carbonyl (C=O) groups is 1. The van der Waals surface area contributed by atoms with Gasteiger partial charge in [-0.3, -0.25) is 4.79 Å². The Morgan fingerprint density at radius 1 is 1.58 bits per heavy atom. The first-order valence-corrected chi connectivity index (χ1v) is 3.97. The van der Waals surface area contributed by atoms with Crippen molar-refractivity contribution in [3.63, 3.8) is 0 Å². The Hall–Kier alpha value is -1.30. The second kappa shape index (κ2) is 3.40. The third-order valence-corrected chi connectivity index (χ3v) is 1.72. The summed E-state index contributed by atoms with van der Waals surface area (Å²) in [6.45, 7) is 0.